The van der Waals surface area contributed by atoms with Crippen molar-refractivity contribution in [2.45, 2.75) is 12.7 Å². The summed E-state index contributed by atoms with van der Waals surface area (Å²) in [7, 11) is -3.49. The normalized spacial score (nSPS) is 10.9. The van der Waals surface area contributed by atoms with Gasteiger partial charge in [0.2, 0.25) is 10.0 Å². The lowest BCUT2D eigenvalue weighted by atomic mass is 10.2. The minimum absolute atomic E-state index is 0.135. The summed E-state index contributed by atoms with van der Waals surface area (Å²) in [4.78, 5) is 0. The van der Waals surface area contributed by atoms with Gasteiger partial charge in [0.15, 0.2) is 0 Å². The Balaban J connectivity index is 2.16. The van der Waals surface area contributed by atoms with Gasteiger partial charge in [0.1, 0.15) is 0 Å². The number of sulfonamides is 1. The smallest absolute Gasteiger partial charge is 0.236 e. The summed E-state index contributed by atoms with van der Waals surface area (Å²) in [5.74, 6) is -0.135. The molecule has 0 bridgehead atoms. The summed E-state index contributed by atoms with van der Waals surface area (Å²) in [6, 6.07) is 13.9. The largest absolute Gasteiger partial charge is 0.283 e. The predicted octanol–water partition coefficient (Wildman–Crippen LogP) is 3.57. The highest BCUT2D eigenvalue weighted by atomic mass is 79.9. The first-order chi connectivity index (χ1) is 9.88. The maximum Gasteiger partial charge on any atom is 0.236 e. The Bertz CT molecular complexity index is 773. The number of rotatable bonds is 4. The molecule has 0 heterocycles. The average Bonchev–Trinajstić information content (AvgIpc) is 2.37. The number of aryl methyl sites for hydroxylation is 1. The molecule has 6 heteroatoms. The number of nitrogens with zero attached hydrogens (tertiary/aromatic N) is 1. The number of anilines is 1. The van der Waals surface area contributed by atoms with E-state index >= 15 is 0 Å². The first-order valence-electron chi connectivity index (χ1n) is 6.15. The molecule has 0 amide bonds. The van der Waals surface area contributed by atoms with Gasteiger partial charge in [-0.05, 0) is 48.4 Å². The lowest BCUT2D eigenvalue weighted by Crippen LogP contribution is -2.15. The van der Waals surface area contributed by atoms with Crippen molar-refractivity contribution in [2.75, 3.05) is 4.72 Å². The lowest BCUT2D eigenvalue weighted by Gasteiger charge is -2.09. The molecule has 0 aliphatic carbocycles. The van der Waals surface area contributed by atoms with E-state index in [1.807, 2.05) is 19.1 Å². The van der Waals surface area contributed by atoms with E-state index in [9.17, 15) is 8.42 Å². The van der Waals surface area contributed by atoms with Crippen molar-refractivity contribution in [3.05, 3.63) is 63.6 Å². The Kier molecular flexibility index (Phi) is 4.66. The molecule has 0 aromatic heterocycles. The second-order valence-electron chi connectivity index (χ2n) is 4.69. The number of halogens is 1. The van der Waals surface area contributed by atoms with Crippen LogP contribution >= 0.6 is 15.9 Å². The summed E-state index contributed by atoms with van der Waals surface area (Å²) in [6.07, 6.45) is 0. The molecule has 21 heavy (non-hydrogen) atoms. The summed E-state index contributed by atoms with van der Waals surface area (Å²) < 4.78 is 27.7. The van der Waals surface area contributed by atoms with Gasteiger partial charge in [0.05, 0.1) is 17.4 Å². The van der Waals surface area contributed by atoms with E-state index in [1.54, 1.807) is 36.4 Å². The molecule has 0 atom stereocenters. The first-order valence-corrected chi connectivity index (χ1v) is 8.59. The molecule has 0 radical (unpaired) electrons. The topological polar surface area (TPSA) is 70.0 Å². The van der Waals surface area contributed by atoms with Crippen molar-refractivity contribution in [2.24, 2.45) is 0 Å². The van der Waals surface area contributed by atoms with E-state index in [0.717, 1.165) is 10.0 Å². The van der Waals surface area contributed by atoms with Crippen molar-refractivity contribution in [1.29, 1.82) is 5.26 Å². The van der Waals surface area contributed by atoms with Crippen LogP contribution in [-0.4, -0.2) is 8.42 Å². The zero-order valence-electron chi connectivity index (χ0n) is 11.3. The molecule has 0 aliphatic rings. The highest BCUT2D eigenvalue weighted by Gasteiger charge is 2.12. The maximum absolute atomic E-state index is 12.2. The molecule has 1 N–H and O–H groups in total. The fourth-order valence-corrected chi connectivity index (χ4v) is 3.69. The molecular weight excluding hydrogens is 352 g/mol. The Labute approximate surface area is 132 Å². The van der Waals surface area contributed by atoms with Gasteiger partial charge in [-0.3, -0.25) is 4.72 Å². The minimum Gasteiger partial charge on any atom is -0.283 e. The Morgan fingerprint density at radius 2 is 1.86 bits per heavy atom. The molecule has 0 aliphatic heterocycles. The molecule has 2 aromatic carbocycles. The molecule has 2 rings (SSSR count). The van der Waals surface area contributed by atoms with Gasteiger partial charge in [0, 0.05) is 10.2 Å². The third-order valence-corrected chi connectivity index (χ3v) is 4.47. The molecule has 0 fully saturated rings. The standard InChI is InChI=1S/C15H13BrN2O2S/c1-11-6-14(16)8-15(7-11)18-21(19,20)10-13-4-2-12(9-17)3-5-13/h2-8,18H,10H2,1H3. The Hall–Kier alpha value is -1.84. The van der Waals surface area contributed by atoms with Crippen molar-refractivity contribution >= 4 is 31.6 Å². The molecule has 0 unspecified atom stereocenters. The van der Waals surface area contributed by atoms with Gasteiger partial charge < -0.3 is 0 Å². The number of hydrogen-bond acceptors (Lipinski definition) is 3. The van der Waals surface area contributed by atoms with Crippen LogP contribution in [0.5, 0.6) is 0 Å². The van der Waals surface area contributed by atoms with Gasteiger partial charge >= 0.3 is 0 Å². The van der Waals surface area contributed by atoms with Gasteiger partial charge in [-0.15, -0.1) is 0 Å². The van der Waals surface area contributed by atoms with Crippen molar-refractivity contribution in [1.82, 2.24) is 0 Å². The Morgan fingerprint density at radius 1 is 1.19 bits per heavy atom. The Morgan fingerprint density at radius 3 is 2.43 bits per heavy atom. The summed E-state index contributed by atoms with van der Waals surface area (Å²) in [6.45, 7) is 1.89. The lowest BCUT2D eigenvalue weighted by molar-refractivity contribution is 0.600. The van der Waals surface area contributed by atoms with Gasteiger partial charge in [-0.1, -0.05) is 28.1 Å². The molecule has 0 saturated carbocycles. The van der Waals surface area contributed by atoms with Crippen LogP contribution in [0.15, 0.2) is 46.9 Å². The van der Waals surface area contributed by atoms with E-state index in [0.29, 0.717) is 16.8 Å². The monoisotopic (exact) mass is 364 g/mol. The predicted molar refractivity (Wildman–Crippen MR) is 86.3 cm³/mol. The van der Waals surface area contributed by atoms with Crippen LogP contribution in [0.2, 0.25) is 0 Å². The van der Waals surface area contributed by atoms with Crippen LogP contribution in [0.25, 0.3) is 0 Å². The van der Waals surface area contributed by atoms with Crippen molar-refractivity contribution in [3.63, 3.8) is 0 Å². The second kappa shape index (κ2) is 6.29. The maximum atomic E-state index is 12.2. The highest BCUT2D eigenvalue weighted by molar-refractivity contribution is 9.10. The van der Waals surface area contributed by atoms with Crippen LogP contribution in [0, 0.1) is 18.3 Å². The zero-order chi connectivity index (χ0) is 15.5. The van der Waals surface area contributed by atoms with Gasteiger partial charge in [-0.2, -0.15) is 5.26 Å². The SMILES string of the molecule is Cc1cc(Br)cc(NS(=O)(=O)Cc2ccc(C#N)cc2)c1. The third-order valence-electron chi connectivity index (χ3n) is 2.76. The molecule has 4 nitrogen and oxygen atoms in total. The number of nitriles is 1. The summed E-state index contributed by atoms with van der Waals surface area (Å²) in [5.41, 5.74) is 2.62. The summed E-state index contributed by atoms with van der Waals surface area (Å²) in [5, 5.41) is 8.72. The van der Waals surface area contributed by atoms with E-state index in [1.165, 1.54) is 0 Å². The second-order valence-corrected chi connectivity index (χ2v) is 7.33. The zero-order valence-corrected chi connectivity index (χ0v) is 13.7. The fourth-order valence-electron chi connectivity index (χ4n) is 1.91. The number of hydrogen-bond donors (Lipinski definition) is 1. The van der Waals surface area contributed by atoms with Crippen LogP contribution in [-0.2, 0) is 15.8 Å². The quantitative estimate of drug-likeness (QED) is 0.901. The molecule has 0 saturated heterocycles. The molecular formula is C15H13BrN2O2S. The molecule has 0 spiro atoms. The number of benzene rings is 2. The average molecular weight is 365 g/mol. The third kappa shape index (κ3) is 4.59. The number of nitrogens with one attached hydrogen (secondary N) is 1. The van der Waals surface area contributed by atoms with Crippen LogP contribution in [0.4, 0.5) is 5.69 Å². The van der Waals surface area contributed by atoms with Crippen LogP contribution in [0.1, 0.15) is 16.7 Å². The van der Waals surface area contributed by atoms with Crippen LogP contribution < -0.4 is 4.72 Å². The van der Waals surface area contributed by atoms with E-state index in [4.69, 9.17) is 5.26 Å². The summed E-state index contributed by atoms with van der Waals surface area (Å²) >= 11 is 3.34. The molecule has 108 valence electrons. The fraction of sp³-hybridized carbons (Fsp3) is 0.133. The first kappa shape index (κ1) is 15.5. The van der Waals surface area contributed by atoms with E-state index in [2.05, 4.69) is 20.7 Å². The molecule has 2 aromatic rings. The van der Waals surface area contributed by atoms with Crippen molar-refractivity contribution < 1.29 is 8.42 Å². The van der Waals surface area contributed by atoms with Gasteiger partial charge in [-0.25, -0.2) is 8.42 Å². The highest BCUT2D eigenvalue weighted by Crippen LogP contribution is 2.21. The van der Waals surface area contributed by atoms with Crippen molar-refractivity contribution in [3.8, 4) is 6.07 Å². The minimum atomic E-state index is -3.49. The van der Waals surface area contributed by atoms with Crippen LogP contribution in [0.3, 0.4) is 0 Å². The van der Waals surface area contributed by atoms with E-state index < -0.39 is 10.0 Å². The van der Waals surface area contributed by atoms with Gasteiger partial charge in [0.25, 0.3) is 0 Å². The van der Waals surface area contributed by atoms with E-state index in [-0.39, 0.29) is 5.75 Å².